The molecule has 1 atom stereocenters. The summed E-state index contributed by atoms with van der Waals surface area (Å²) in [6.45, 7) is 5.63. The van der Waals surface area contributed by atoms with Gasteiger partial charge in [0.25, 0.3) is 0 Å². The molecule has 20 heavy (non-hydrogen) atoms. The maximum atomic E-state index is 12.4. The van der Waals surface area contributed by atoms with E-state index in [-0.39, 0.29) is 18.5 Å². The van der Waals surface area contributed by atoms with Gasteiger partial charge in [0.1, 0.15) is 12.6 Å². The van der Waals surface area contributed by atoms with Crippen molar-refractivity contribution in [1.29, 1.82) is 0 Å². The van der Waals surface area contributed by atoms with E-state index in [1.807, 2.05) is 32.0 Å². The van der Waals surface area contributed by atoms with Gasteiger partial charge in [0.05, 0.1) is 6.61 Å². The Hall–Kier alpha value is -1.88. The predicted octanol–water partition coefficient (Wildman–Crippen LogP) is 1.49. The molecule has 0 aliphatic rings. The van der Waals surface area contributed by atoms with Crippen molar-refractivity contribution in [3.63, 3.8) is 0 Å². The van der Waals surface area contributed by atoms with E-state index in [4.69, 9.17) is 10.5 Å². The minimum Gasteiger partial charge on any atom is -0.465 e. The molecule has 5 nitrogen and oxygen atoms in total. The summed E-state index contributed by atoms with van der Waals surface area (Å²) in [5.74, 6) is -0.700. The van der Waals surface area contributed by atoms with Gasteiger partial charge in [0.15, 0.2) is 0 Å². The van der Waals surface area contributed by atoms with E-state index in [0.717, 1.165) is 5.56 Å². The van der Waals surface area contributed by atoms with Crippen LogP contribution in [0.1, 0.15) is 32.4 Å². The van der Waals surface area contributed by atoms with Crippen LogP contribution in [0.4, 0.5) is 0 Å². The molecule has 1 aromatic carbocycles. The zero-order valence-electron chi connectivity index (χ0n) is 12.2. The Kier molecular flexibility index (Phi) is 6.18. The van der Waals surface area contributed by atoms with E-state index in [0.29, 0.717) is 6.61 Å². The molecule has 0 aromatic heterocycles. The van der Waals surface area contributed by atoms with Crippen molar-refractivity contribution in [1.82, 2.24) is 4.90 Å². The van der Waals surface area contributed by atoms with Crippen LogP contribution in [-0.2, 0) is 14.3 Å². The molecular weight excluding hydrogens is 256 g/mol. The number of carbonyl (C=O) groups is 2. The fourth-order valence-electron chi connectivity index (χ4n) is 1.84. The van der Waals surface area contributed by atoms with Gasteiger partial charge in [0.2, 0.25) is 5.91 Å². The second kappa shape index (κ2) is 7.65. The zero-order chi connectivity index (χ0) is 15.1. The van der Waals surface area contributed by atoms with E-state index in [1.54, 1.807) is 19.1 Å². The Balaban J connectivity index is 2.81. The first-order valence-electron chi connectivity index (χ1n) is 6.74. The Bertz CT molecular complexity index is 446. The number of rotatable bonds is 6. The summed E-state index contributed by atoms with van der Waals surface area (Å²) in [6, 6.07) is 8.21. The van der Waals surface area contributed by atoms with E-state index in [9.17, 15) is 9.59 Å². The normalized spacial score (nSPS) is 12.1. The van der Waals surface area contributed by atoms with Crippen molar-refractivity contribution in [2.45, 2.75) is 32.9 Å². The van der Waals surface area contributed by atoms with Gasteiger partial charge in [-0.15, -0.1) is 0 Å². The molecule has 0 heterocycles. The monoisotopic (exact) mass is 278 g/mol. The molecular formula is C15H22N2O3. The van der Waals surface area contributed by atoms with Crippen LogP contribution in [0.2, 0.25) is 0 Å². The Morgan fingerprint density at radius 2 is 1.85 bits per heavy atom. The van der Waals surface area contributed by atoms with Gasteiger partial charge in [-0.3, -0.25) is 9.59 Å². The summed E-state index contributed by atoms with van der Waals surface area (Å²) in [5, 5.41) is 0. The van der Waals surface area contributed by atoms with E-state index >= 15 is 0 Å². The summed E-state index contributed by atoms with van der Waals surface area (Å²) in [6.07, 6.45) is 0. The third-order valence-electron chi connectivity index (χ3n) is 2.94. The molecule has 1 unspecified atom stereocenters. The van der Waals surface area contributed by atoms with Gasteiger partial charge in [-0.2, -0.15) is 0 Å². The fourth-order valence-corrected chi connectivity index (χ4v) is 1.84. The maximum absolute atomic E-state index is 12.4. The van der Waals surface area contributed by atoms with Crippen LogP contribution in [0.25, 0.3) is 0 Å². The number of hydrogen-bond acceptors (Lipinski definition) is 4. The first-order valence-corrected chi connectivity index (χ1v) is 6.74. The fraction of sp³-hybridized carbons (Fsp3) is 0.467. The second-order valence-electron chi connectivity index (χ2n) is 4.75. The number of nitrogens with two attached hydrogens (primary N) is 1. The third kappa shape index (κ3) is 4.35. The largest absolute Gasteiger partial charge is 0.465 e. The molecule has 110 valence electrons. The highest BCUT2D eigenvalue weighted by Gasteiger charge is 2.26. The van der Waals surface area contributed by atoms with E-state index in [1.165, 1.54) is 4.90 Å². The number of carbonyl (C=O) groups excluding carboxylic acids is 2. The van der Waals surface area contributed by atoms with Gasteiger partial charge in [-0.05, 0) is 26.3 Å². The smallest absolute Gasteiger partial charge is 0.325 e. The first kappa shape index (κ1) is 16.2. The van der Waals surface area contributed by atoms with Crippen LogP contribution < -0.4 is 5.73 Å². The van der Waals surface area contributed by atoms with Crippen molar-refractivity contribution in [2.24, 2.45) is 5.73 Å². The topological polar surface area (TPSA) is 72.6 Å². The quantitative estimate of drug-likeness (QED) is 0.800. The molecule has 1 amide bonds. The minimum atomic E-state index is -0.770. The number of nitrogens with zero attached hydrogens (tertiary/aromatic N) is 1. The van der Waals surface area contributed by atoms with E-state index < -0.39 is 12.0 Å². The standard InChI is InChI=1S/C15H22N2O3/c1-4-20-13(18)10-17(11(2)3)15(19)14(16)12-8-6-5-7-9-12/h5-9,11,14H,4,10,16H2,1-3H3. The van der Waals surface area contributed by atoms with Gasteiger partial charge in [-0.1, -0.05) is 30.3 Å². The molecule has 0 bridgehead atoms. The summed E-state index contributed by atoms with van der Waals surface area (Å²) in [4.78, 5) is 25.4. The lowest BCUT2D eigenvalue weighted by Crippen LogP contribution is -2.45. The van der Waals surface area contributed by atoms with Crippen molar-refractivity contribution >= 4 is 11.9 Å². The summed E-state index contributed by atoms with van der Waals surface area (Å²) >= 11 is 0. The molecule has 0 fully saturated rings. The van der Waals surface area contributed by atoms with Gasteiger partial charge >= 0.3 is 5.97 Å². The molecule has 0 saturated carbocycles. The van der Waals surface area contributed by atoms with Crippen LogP contribution in [-0.4, -0.2) is 36.0 Å². The van der Waals surface area contributed by atoms with Crippen molar-refractivity contribution in [3.05, 3.63) is 35.9 Å². The van der Waals surface area contributed by atoms with Crippen molar-refractivity contribution < 1.29 is 14.3 Å². The van der Waals surface area contributed by atoms with Crippen LogP contribution in [0.3, 0.4) is 0 Å². The second-order valence-corrected chi connectivity index (χ2v) is 4.75. The zero-order valence-corrected chi connectivity index (χ0v) is 12.2. The lowest BCUT2D eigenvalue weighted by Gasteiger charge is -2.28. The van der Waals surface area contributed by atoms with Crippen LogP contribution in [0.15, 0.2) is 30.3 Å². The summed E-state index contributed by atoms with van der Waals surface area (Å²) < 4.78 is 4.88. The average Bonchev–Trinajstić information content (AvgIpc) is 2.44. The average molecular weight is 278 g/mol. The molecule has 0 spiro atoms. The Labute approximate surface area is 119 Å². The van der Waals surface area contributed by atoms with Crippen molar-refractivity contribution in [2.75, 3.05) is 13.2 Å². The Morgan fingerprint density at radius 3 is 2.35 bits per heavy atom. The molecule has 1 aromatic rings. The first-order chi connectivity index (χ1) is 9.47. The van der Waals surface area contributed by atoms with Crippen LogP contribution >= 0.6 is 0 Å². The molecule has 0 radical (unpaired) electrons. The molecule has 2 N–H and O–H groups in total. The Morgan fingerprint density at radius 1 is 1.25 bits per heavy atom. The van der Waals surface area contributed by atoms with Gasteiger partial charge < -0.3 is 15.4 Å². The molecule has 5 heteroatoms. The number of ether oxygens (including phenoxy) is 1. The highest BCUT2D eigenvalue weighted by molar-refractivity contribution is 5.86. The lowest BCUT2D eigenvalue weighted by molar-refractivity contribution is -0.150. The maximum Gasteiger partial charge on any atom is 0.325 e. The third-order valence-corrected chi connectivity index (χ3v) is 2.94. The highest BCUT2D eigenvalue weighted by Crippen LogP contribution is 2.14. The van der Waals surface area contributed by atoms with Gasteiger partial charge in [0, 0.05) is 6.04 Å². The van der Waals surface area contributed by atoms with E-state index in [2.05, 4.69) is 0 Å². The summed E-state index contributed by atoms with van der Waals surface area (Å²) in [7, 11) is 0. The molecule has 1 rings (SSSR count). The summed E-state index contributed by atoms with van der Waals surface area (Å²) in [5.41, 5.74) is 6.71. The predicted molar refractivity (Wildman–Crippen MR) is 76.9 cm³/mol. The lowest BCUT2D eigenvalue weighted by atomic mass is 10.1. The van der Waals surface area contributed by atoms with Crippen LogP contribution in [0.5, 0.6) is 0 Å². The van der Waals surface area contributed by atoms with Gasteiger partial charge in [-0.25, -0.2) is 0 Å². The van der Waals surface area contributed by atoms with Crippen LogP contribution in [0, 0.1) is 0 Å². The number of amides is 1. The number of hydrogen-bond donors (Lipinski definition) is 1. The van der Waals surface area contributed by atoms with Crippen molar-refractivity contribution in [3.8, 4) is 0 Å². The highest BCUT2D eigenvalue weighted by atomic mass is 16.5. The number of esters is 1. The molecule has 0 saturated heterocycles. The molecule has 0 aliphatic heterocycles. The minimum absolute atomic E-state index is 0.0785. The number of benzene rings is 1. The SMILES string of the molecule is CCOC(=O)CN(C(=O)C(N)c1ccccc1)C(C)C. The molecule has 0 aliphatic carbocycles.